The lowest BCUT2D eigenvalue weighted by atomic mass is 9.95. The van der Waals surface area contributed by atoms with Gasteiger partial charge in [-0.05, 0) is 78.0 Å². The Morgan fingerprint density at radius 3 is 2.33 bits per heavy atom. The van der Waals surface area contributed by atoms with Gasteiger partial charge >= 0.3 is 0 Å². The first kappa shape index (κ1) is 36.7. The zero-order valence-corrected chi connectivity index (χ0v) is 33.2. The minimum Gasteiger partial charge on any atom is -0.361 e. The van der Waals surface area contributed by atoms with Gasteiger partial charge in [-0.3, -0.25) is 4.79 Å². The summed E-state index contributed by atoms with van der Waals surface area (Å²) in [6.07, 6.45) is 2.34. The quantitative estimate of drug-likeness (QED) is 0.0841. The first-order valence-corrected chi connectivity index (χ1v) is 25.2. The summed E-state index contributed by atoms with van der Waals surface area (Å²) >= 11 is 0. The SMILES string of the molecule is CCc1cc(C)c(F)cc1-c1ccc2c(-c3nc4c(n3COCC[Si](C)(C)C)CN(C(=O)c3cccnn3)C4)nn(COCC[Si](C)(C)C)c2c1. The fourth-order valence-electron chi connectivity index (χ4n) is 6.27. The monoisotopic (exact) mass is 727 g/mol. The fourth-order valence-corrected chi connectivity index (χ4v) is 7.78. The predicted octanol–water partition coefficient (Wildman–Crippen LogP) is 8.15. The third-order valence-corrected chi connectivity index (χ3v) is 12.8. The minimum absolute atomic E-state index is 0.189. The molecule has 0 radical (unpaired) electrons. The van der Waals surface area contributed by atoms with E-state index in [-0.39, 0.29) is 25.2 Å². The Morgan fingerprint density at radius 1 is 0.941 bits per heavy atom. The molecule has 1 aliphatic heterocycles. The summed E-state index contributed by atoms with van der Waals surface area (Å²) in [6.45, 7) is 20.5. The maximum atomic E-state index is 14.9. The molecule has 10 nitrogen and oxygen atoms in total. The lowest BCUT2D eigenvalue weighted by Crippen LogP contribution is -2.27. The first-order valence-electron chi connectivity index (χ1n) is 17.8. The van der Waals surface area contributed by atoms with Crippen LogP contribution >= 0.6 is 0 Å². The number of rotatable bonds is 14. The van der Waals surface area contributed by atoms with Crippen molar-refractivity contribution in [2.24, 2.45) is 0 Å². The predicted molar refractivity (Wildman–Crippen MR) is 204 cm³/mol. The second-order valence-electron chi connectivity index (χ2n) is 15.9. The highest BCUT2D eigenvalue weighted by Gasteiger charge is 2.33. The number of carbonyl (C=O) groups is 1. The molecule has 0 atom stereocenters. The summed E-state index contributed by atoms with van der Waals surface area (Å²) in [5.41, 5.74) is 7.16. The fraction of sp³-hybridized carbons (Fsp3) is 0.447. The number of amides is 1. The zero-order valence-electron chi connectivity index (χ0n) is 31.2. The molecule has 0 bridgehead atoms. The van der Waals surface area contributed by atoms with Crippen molar-refractivity contribution in [3.05, 3.63) is 82.7 Å². The van der Waals surface area contributed by atoms with Crippen molar-refractivity contribution in [2.45, 2.75) is 98.2 Å². The molecule has 0 saturated carbocycles. The average Bonchev–Trinajstić information content (AvgIpc) is 3.76. The molecule has 1 amide bonds. The van der Waals surface area contributed by atoms with Crippen molar-refractivity contribution >= 4 is 33.0 Å². The molecular weight excluding hydrogens is 678 g/mol. The molecule has 6 rings (SSSR count). The van der Waals surface area contributed by atoms with Crippen LogP contribution in [0.2, 0.25) is 51.4 Å². The number of hydrogen-bond donors (Lipinski definition) is 0. The van der Waals surface area contributed by atoms with E-state index in [1.54, 1.807) is 36.2 Å². The molecule has 5 aromatic rings. The summed E-state index contributed by atoms with van der Waals surface area (Å²) < 4.78 is 31.4. The van der Waals surface area contributed by atoms with Crippen LogP contribution in [0, 0.1) is 12.7 Å². The minimum atomic E-state index is -1.32. The van der Waals surface area contributed by atoms with E-state index in [9.17, 15) is 9.18 Å². The highest BCUT2D eigenvalue weighted by Crippen LogP contribution is 2.36. The summed E-state index contributed by atoms with van der Waals surface area (Å²) in [6, 6.07) is 15.2. The number of halogens is 1. The number of carbonyl (C=O) groups excluding carboxylic acids is 1. The van der Waals surface area contributed by atoms with Gasteiger partial charge in [0.1, 0.15) is 25.0 Å². The number of benzene rings is 2. The number of nitrogens with zero attached hydrogens (tertiary/aromatic N) is 7. The topological polar surface area (TPSA) is 100 Å². The molecule has 0 spiro atoms. The third kappa shape index (κ3) is 8.38. The van der Waals surface area contributed by atoms with Crippen molar-refractivity contribution in [1.29, 1.82) is 0 Å². The number of aromatic nitrogens is 6. The van der Waals surface area contributed by atoms with E-state index in [1.165, 1.54) is 0 Å². The largest absolute Gasteiger partial charge is 0.361 e. The van der Waals surface area contributed by atoms with E-state index < -0.39 is 16.1 Å². The molecular formula is C38H50FN7O3Si2. The van der Waals surface area contributed by atoms with Gasteiger partial charge in [-0.15, -0.1) is 5.10 Å². The highest BCUT2D eigenvalue weighted by atomic mass is 28.3. The number of aryl methyl sites for hydroxylation is 2. The smallest absolute Gasteiger partial charge is 0.275 e. The Kier molecular flexibility index (Phi) is 10.7. The molecule has 51 heavy (non-hydrogen) atoms. The van der Waals surface area contributed by atoms with Gasteiger partial charge in [0.05, 0.1) is 30.0 Å². The first-order chi connectivity index (χ1) is 24.2. The second kappa shape index (κ2) is 14.9. The molecule has 2 aromatic carbocycles. The van der Waals surface area contributed by atoms with Crippen LogP contribution in [0.3, 0.4) is 0 Å². The number of fused-ring (bicyclic) bond motifs is 2. The molecule has 0 N–H and O–H groups in total. The van der Waals surface area contributed by atoms with Crippen molar-refractivity contribution in [3.63, 3.8) is 0 Å². The van der Waals surface area contributed by atoms with Gasteiger partial charge in [0, 0.05) is 40.9 Å². The van der Waals surface area contributed by atoms with E-state index in [1.807, 2.05) is 16.8 Å². The van der Waals surface area contributed by atoms with Gasteiger partial charge in [0.15, 0.2) is 11.5 Å². The normalized spacial score (nSPS) is 13.4. The van der Waals surface area contributed by atoms with Crippen LogP contribution in [-0.4, -0.2) is 69.7 Å². The van der Waals surface area contributed by atoms with Crippen molar-refractivity contribution in [3.8, 4) is 22.6 Å². The summed E-state index contributed by atoms with van der Waals surface area (Å²) in [5, 5.41) is 14.0. The second-order valence-corrected chi connectivity index (χ2v) is 27.2. The molecule has 1 aliphatic rings. The van der Waals surface area contributed by atoms with Crippen molar-refractivity contribution < 1.29 is 18.7 Å². The maximum absolute atomic E-state index is 14.9. The van der Waals surface area contributed by atoms with E-state index in [0.717, 1.165) is 57.5 Å². The number of ether oxygens (including phenoxy) is 2. The van der Waals surface area contributed by atoms with Crippen molar-refractivity contribution in [1.82, 2.24) is 34.4 Å². The third-order valence-electron chi connectivity index (χ3n) is 9.38. The zero-order chi connectivity index (χ0) is 36.5. The Morgan fingerprint density at radius 2 is 1.67 bits per heavy atom. The standard InChI is InChI=1S/C38H50FN7O3Si2/c1-9-27-19-26(2)31(39)21-30(27)28-12-13-29-34(20-28)46(25-49-16-18-51(6,7)8)43-36(29)37-41-33-22-44(38(47)32-11-10-14-40-42-32)23-35(33)45(37)24-48-15-17-50(3,4)5/h10-14,19-21H,9,15-18,22-25H2,1-8H3. The molecule has 0 unspecified atom stereocenters. The van der Waals surface area contributed by atoms with Gasteiger partial charge in [-0.1, -0.05) is 58.3 Å². The van der Waals surface area contributed by atoms with E-state index in [4.69, 9.17) is 19.6 Å². The lowest BCUT2D eigenvalue weighted by molar-refractivity contribution is 0.0717. The van der Waals surface area contributed by atoms with Crippen LogP contribution in [0.25, 0.3) is 33.5 Å². The van der Waals surface area contributed by atoms with Crippen molar-refractivity contribution in [2.75, 3.05) is 13.2 Å². The molecule has 270 valence electrons. The van der Waals surface area contributed by atoms with Crippen LogP contribution in [0.1, 0.15) is 39.9 Å². The van der Waals surface area contributed by atoms with E-state index in [2.05, 4.69) is 73.1 Å². The van der Waals surface area contributed by atoms with Crippen LogP contribution in [0.5, 0.6) is 0 Å². The summed E-state index contributed by atoms with van der Waals surface area (Å²) in [5.74, 6) is 0.281. The average molecular weight is 728 g/mol. The molecule has 3 aromatic heterocycles. The van der Waals surface area contributed by atoms with Crippen LogP contribution < -0.4 is 0 Å². The Balaban J connectivity index is 1.41. The Labute approximate surface area is 302 Å². The molecule has 0 saturated heterocycles. The van der Waals surface area contributed by atoms with Gasteiger partial charge < -0.3 is 18.9 Å². The molecule has 13 heteroatoms. The lowest BCUT2D eigenvalue weighted by Gasteiger charge is -2.18. The molecule has 4 heterocycles. The Bertz CT molecular complexity index is 2030. The maximum Gasteiger partial charge on any atom is 0.275 e. The van der Waals surface area contributed by atoms with Gasteiger partial charge in [0.25, 0.3) is 5.91 Å². The van der Waals surface area contributed by atoms with Gasteiger partial charge in [-0.25, -0.2) is 14.1 Å². The van der Waals surface area contributed by atoms with E-state index in [0.29, 0.717) is 49.1 Å². The molecule has 0 fully saturated rings. The van der Waals surface area contributed by atoms with Crippen LogP contribution in [-0.2, 0) is 42.4 Å². The van der Waals surface area contributed by atoms with E-state index >= 15 is 0 Å². The van der Waals surface area contributed by atoms with Crippen LogP contribution in [0.15, 0.2) is 48.7 Å². The van der Waals surface area contributed by atoms with Crippen LogP contribution in [0.4, 0.5) is 4.39 Å². The number of imidazole rings is 1. The number of hydrogen-bond acceptors (Lipinski definition) is 7. The van der Waals surface area contributed by atoms with Gasteiger partial charge in [0.2, 0.25) is 0 Å². The Hall–Kier alpha value is -4.05. The van der Waals surface area contributed by atoms with Gasteiger partial charge in [-0.2, -0.15) is 10.2 Å². The summed E-state index contributed by atoms with van der Waals surface area (Å²) in [4.78, 5) is 20.2. The molecule has 0 aliphatic carbocycles. The highest BCUT2D eigenvalue weighted by molar-refractivity contribution is 6.76. The summed E-state index contributed by atoms with van der Waals surface area (Å²) in [7, 11) is -2.61.